The molecule has 0 radical (unpaired) electrons. The molecule has 1 aromatic carbocycles. The second-order valence-corrected chi connectivity index (χ2v) is 3.65. The van der Waals surface area contributed by atoms with Gasteiger partial charge in [-0.15, -0.1) is 0 Å². The molecule has 1 aromatic rings. The summed E-state index contributed by atoms with van der Waals surface area (Å²) in [4.78, 5) is 13.1. The first-order valence-corrected chi connectivity index (χ1v) is 5.28. The van der Waals surface area contributed by atoms with E-state index in [0.717, 1.165) is 0 Å². The summed E-state index contributed by atoms with van der Waals surface area (Å²) < 4.78 is 17.8. The predicted octanol–water partition coefficient (Wildman–Crippen LogP) is 3.20. The molecule has 0 atom stereocenters. The summed E-state index contributed by atoms with van der Waals surface area (Å²) in [6.45, 7) is 5.90. The SMILES string of the molecule is CCN(C(=O)OC(C)C)c1ccc(F)cc1. The minimum Gasteiger partial charge on any atom is -0.446 e. The van der Waals surface area contributed by atoms with E-state index in [2.05, 4.69) is 0 Å². The molecule has 0 saturated heterocycles. The van der Waals surface area contributed by atoms with Crippen LogP contribution in [0.3, 0.4) is 0 Å². The zero-order valence-corrected chi connectivity index (χ0v) is 9.74. The molecule has 0 N–H and O–H groups in total. The average molecular weight is 225 g/mol. The number of anilines is 1. The minimum atomic E-state index is -0.413. The van der Waals surface area contributed by atoms with Crippen LogP contribution in [0.1, 0.15) is 20.8 Å². The van der Waals surface area contributed by atoms with Gasteiger partial charge in [0.2, 0.25) is 0 Å². The van der Waals surface area contributed by atoms with Crippen molar-refractivity contribution in [2.24, 2.45) is 0 Å². The van der Waals surface area contributed by atoms with Crippen LogP contribution in [0.15, 0.2) is 24.3 Å². The largest absolute Gasteiger partial charge is 0.446 e. The van der Waals surface area contributed by atoms with Gasteiger partial charge in [0.15, 0.2) is 0 Å². The van der Waals surface area contributed by atoms with Crippen molar-refractivity contribution < 1.29 is 13.9 Å². The molecule has 0 heterocycles. The topological polar surface area (TPSA) is 29.5 Å². The Labute approximate surface area is 94.8 Å². The maximum atomic E-state index is 12.7. The number of benzene rings is 1. The number of hydrogen-bond acceptors (Lipinski definition) is 2. The van der Waals surface area contributed by atoms with E-state index in [1.165, 1.54) is 17.0 Å². The van der Waals surface area contributed by atoms with E-state index in [0.29, 0.717) is 12.2 Å². The monoisotopic (exact) mass is 225 g/mol. The number of amides is 1. The Morgan fingerprint density at radius 2 is 1.94 bits per heavy atom. The first-order valence-electron chi connectivity index (χ1n) is 5.28. The van der Waals surface area contributed by atoms with Gasteiger partial charge in [0, 0.05) is 12.2 Å². The molecule has 0 spiro atoms. The molecule has 0 aliphatic carbocycles. The fraction of sp³-hybridized carbons (Fsp3) is 0.417. The number of hydrogen-bond donors (Lipinski definition) is 0. The molecule has 0 bridgehead atoms. The van der Waals surface area contributed by atoms with Gasteiger partial charge in [-0.25, -0.2) is 9.18 Å². The van der Waals surface area contributed by atoms with Crippen LogP contribution in [-0.4, -0.2) is 18.7 Å². The van der Waals surface area contributed by atoms with Crippen LogP contribution in [0.4, 0.5) is 14.9 Å². The first kappa shape index (κ1) is 12.5. The predicted molar refractivity (Wildman–Crippen MR) is 61.0 cm³/mol. The summed E-state index contributed by atoms with van der Waals surface area (Å²) in [6, 6.07) is 5.75. The van der Waals surface area contributed by atoms with Gasteiger partial charge in [0.25, 0.3) is 0 Å². The standard InChI is InChI=1S/C12H16FNO2/c1-4-14(12(15)16-9(2)3)11-7-5-10(13)6-8-11/h5-9H,4H2,1-3H3. The Bertz CT molecular complexity index is 349. The van der Waals surface area contributed by atoms with E-state index in [4.69, 9.17) is 4.74 Å². The molecule has 0 aliphatic rings. The van der Waals surface area contributed by atoms with Gasteiger partial charge in [0.05, 0.1) is 6.10 Å². The normalized spacial score (nSPS) is 10.3. The van der Waals surface area contributed by atoms with E-state index in [1.54, 1.807) is 26.0 Å². The van der Waals surface area contributed by atoms with Gasteiger partial charge in [-0.1, -0.05) is 0 Å². The lowest BCUT2D eigenvalue weighted by Crippen LogP contribution is -2.32. The molecule has 0 fully saturated rings. The second-order valence-electron chi connectivity index (χ2n) is 3.65. The quantitative estimate of drug-likeness (QED) is 0.790. The highest BCUT2D eigenvalue weighted by molar-refractivity contribution is 5.87. The van der Waals surface area contributed by atoms with Crippen LogP contribution in [0, 0.1) is 5.82 Å². The molecule has 1 rings (SSSR count). The molecule has 0 saturated carbocycles. The van der Waals surface area contributed by atoms with Crippen LogP contribution < -0.4 is 4.90 Å². The number of ether oxygens (including phenoxy) is 1. The summed E-state index contributed by atoms with van der Waals surface area (Å²) >= 11 is 0. The van der Waals surface area contributed by atoms with Gasteiger partial charge in [-0.05, 0) is 45.0 Å². The highest BCUT2D eigenvalue weighted by atomic mass is 19.1. The van der Waals surface area contributed by atoms with Gasteiger partial charge < -0.3 is 4.74 Å². The van der Waals surface area contributed by atoms with Gasteiger partial charge in [0.1, 0.15) is 5.82 Å². The van der Waals surface area contributed by atoms with Crippen molar-refractivity contribution in [3.05, 3.63) is 30.1 Å². The summed E-state index contributed by atoms with van der Waals surface area (Å²) in [7, 11) is 0. The molecule has 1 amide bonds. The van der Waals surface area contributed by atoms with Crippen molar-refractivity contribution in [3.8, 4) is 0 Å². The zero-order chi connectivity index (χ0) is 12.1. The Hall–Kier alpha value is -1.58. The van der Waals surface area contributed by atoms with Gasteiger partial charge in [-0.3, -0.25) is 4.90 Å². The Balaban J connectivity index is 2.81. The minimum absolute atomic E-state index is 0.165. The number of carbonyl (C=O) groups is 1. The van der Waals surface area contributed by atoms with Crippen LogP contribution in [0.5, 0.6) is 0 Å². The maximum Gasteiger partial charge on any atom is 0.414 e. The lowest BCUT2D eigenvalue weighted by Gasteiger charge is -2.21. The van der Waals surface area contributed by atoms with Crippen LogP contribution in [-0.2, 0) is 4.74 Å². The van der Waals surface area contributed by atoms with Crippen molar-refractivity contribution in [1.29, 1.82) is 0 Å². The molecular formula is C12H16FNO2. The van der Waals surface area contributed by atoms with Crippen molar-refractivity contribution in [1.82, 2.24) is 0 Å². The molecule has 16 heavy (non-hydrogen) atoms. The second kappa shape index (κ2) is 5.49. The fourth-order valence-corrected chi connectivity index (χ4v) is 1.30. The average Bonchev–Trinajstić information content (AvgIpc) is 2.21. The van der Waals surface area contributed by atoms with Crippen LogP contribution in [0.2, 0.25) is 0 Å². The van der Waals surface area contributed by atoms with Crippen LogP contribution >= 0.6 is 0 Å². The van der Waals surface area contributed by atoms with Crippen molar-refractivity contribution in [2.45, 2.75) is 26.9 Å². The van der Waals surface area contributed by atoms with E-state index in [1.807, 2.05) is 6.92 Å². The summed E-state index contributed by atoms with van der Waals surface area (Å²) in [5.74, 6) is -0.322. The lowest BCUT2D eigenvalue weighted by molar-refractivity contribution is 0.123. The third-order valence-electron chi connectivity index (χ3n) is 2.01. The number of rotatable bonds is 3. The molecule has 0 unspecified atom stereocenters. The number of nitrogens with zero attached hydrogens (tertiary/aromatic N) is 1. The molecule has 0 aliphatic heterocycles. The molecular weight excluding hydrogens is 209 g/mol. The summed E-state index contributed by atoms with van der Waals surface area (Å²) in [5.41, 5.74) is 0.634. The van der Waals surface area contributed by atoms with E-state index in [9.17, 15) is 9.18 Å². The van der Waals surface area contributed by atoms with Crippen LogP contribution in [0.25, 0.3) is 0 Å². The third-order valence-corrected chi connectivity index (χ3v) is 2.01. The third kappa shape index (κ3) is 3.22. The lowest BCUT2D eigenvalue weighted by atomic mass is 10.3. The molecule has 3 nitrogen and oxygen atoms in total. The fourth-order valence-electron chi connectivity index (χ4n) is 1.30. The van der Waals surface area contributed by atoms with Crippen molar-refractivity contribution >= 4 is 11.8 Å². The first-order chi connectivity index (χ1) is 7.54. The molecule has 4 heteroatoms. The molecule has 88 valence electrons. The smallest absolute Gasteiger partial charge is 0.414 e. The zero-order valence-electron chi connectivity index (χ0n) is 9.74. The highest BCUT2D eigenvalue weighted by Crippen LogP contribution is 2.16. The molecule has 0 aromatic heterocycles. The van der Waals surface area contributed by atoms with Crippen molar-refractivity contribution in [3.63, 3.8) is 0 Å². The number of carbonyl (C=O) groups excluding carboxylic acids is 1. The Morgan fingerprint density at radius 3 is 2.38 bits per heavy atom. The van der Waals surface area contributed by atoms with Gasteiger partial charge in [-0.2, -0.15) is 0 Å². The van der Waals surface area contributed by atoms with E-state index in [-0.39, 0.29) is 11.9 Å². The Kier molecular flexibility index (Phi) is 4.28. The highest BCUT2D eigenvalue weighted by Gasteiger charge is 2.16. The van der Waals surface area contributed by atoms with Gasteiger partial charge >= 0.3 is 6.09 Å². The number of halogens is 1. The van der Waals surface area contributed by atoms with E-state index >= 15 is 0 Å². The van der Waals surface area contributed by atoms with E-state index < -0.39 is 6.09 Å². The Morgan fingerprint density at radius 1 is 1.38 bits per heavy atom. The van der Waals surface area contributed by atoms with Crippen molar-refractivity contribution in [2.75, 3.05) is 11.4 Å². The summed E-state index contributed by atoms with van der Waals surface area (Å²) in [5, 5.41) is 0. The summed E-state index contributed by atoms with van der Waals surface area (Å²) in [6.07, 6.45) is -0.578. The maximum absolute atomic E-state index is 12.7.